The minimum absolute atomic E-state index is 0.697. The number of nitrogens with two attached hydrogens (primary N) is 1. The van der Waals surface area contributed by atoms with Crippen LogP contribution in [0.15, 0.2) is 6.20 Å². The van der Waals surface area contributed by atoms with Crippen LogP contribution in [-0.4, -0.2) is 78.4 Å². The zero-order valence-corrected chi connectivity index (χ0v) is 16.1. The Kier molecular flexibility index (Phi) is 7.28. The molecule has 2 fully saturated rings. The summed E-state index contributed by atoms with van der Waals surface area (Å²) in [6, 6.07) is 0. The van der Waals surface area contributed by atoms with E-state index in [0.717, 1.165) is 57.0 Å². The molecule has 2 aliphatic rings. The van der Waals surface area contributed by atoms with Crippen LogP contribution in [0, 0.1) is 5.92 Å². The number of piperidine rings is 1. The Morgan fingerprint density at radius 3 is 2.18 bits per heavy atom. The second kappa shape index (κ2) is 9.26. The van der Waals surface area contributed by atoms with E-state index in [-0.39, 0.29) is 0 Å². The van der Waals surface area contributed by atoms with Gasteiger partial charge in [0.15, 0.2) is 5.82 Å². The lowest BCUT2D eigenvalue weighted by Gasteiger charge is -2.34. The topological polar surface area (TPSA) is 98.8 Å². The largest absolute Gasteiger partial charge is 0.490 e. The van der Waals surface area contributed by atoms with Gasteiger partial charge in [0, 0.05) is 39.3 Å². The van der Waals surface area contributed by atoms with Gasteiger partial charge in [0.05, 0.1) is 11.9 Å². The number of aliphatic carboxylic acids is 1. The number of rotatable bonds is 2. The standard InChI is InChI=1S/C15H26N6.C2HF3O2/c1-12-3-5-20(6-4-12)14-13(16)11-17-15(18-14)21-9-7-19(2)8-10-21;3-2(4,5)1(6)7/h11-12H,3-10,16H2,1-2H3;(H,6,7). The molecule has 11 heteroatoms. The van der Waals surface area contributed by atoms with Crippen LogP contribution in [0.25, 0.3) is 0 Å². The second-order valence-corrected chi connectivity index (χ2v) is 7.21. The molecule has 0 bridgehead atoms. The maximum absolute atomic E-state index is 10.6. The summed E-state index contributed by atoms with van der Waals surface area (Å²) in [4.78, 5) is 25.0. The average molecular weight is 404 g/mol. The van der Waals surface area contributed by atoms with Crippen molar-refractivity contribution in [3.63, 3.8) is 0 Å². The Labute approximate surface area is 162 Å². The number of likely N-dealkylation sites (N-methyl/N-ethyl adjacent to an activating group) is 1. The third kappa shape index (κ3) is 6.11. The molecule has 0 unspecified atom stereocenters. The molecule has 0 spiro atoms. The monoisotopic (exact) mass is 404 g/mol. The van der Waals surface area contributed by atoms with E-state index in [2.05, 4.69) is 33.7 Å². The normalized spacial score (nSPS) is 19.2. The van der Waals surface area contributed by atoms with Gasteiger partial charge in [-0.3, -0.25) is 0 Å². The van der Waals surface area contributed by atoms with Crippen LogP contribution in [0.5, 0.6) is 0 Å². The number of carbonyl (C=O) groups is 1. The van der Waals surface area contributed by atoms with Gasteiger partial charge in [-0.05, 0) is 25.8 Å². The van der Waals surface area contributed by atoms with Gasteiger partial charge in [0.25, 0.3) is 0 Å². The van der Waals surface area contributed by atoms with Gasteiger partial charge in [0.2, 0.25) is 5.95 Å². The molecule has 8 nitrogen and oxygen atoms in total. The quantitative estimate of drug-likeness (QED) is 0.768. The van der Waals surface area contributed by atoms with E-state index in [1.54, 1.807) is 6.20 Å². The maximum atomic E-state index is 10.6. The highest BCUT2D eigenvalue weighted by Crippen LogP contribution is 2.27. The van der Waals surface area contributed by atoms with Crippen molar-refractivity contribution in [3.05, 3.63) is 6.20 Å². The van der Waals surface area contributed by atoms with E-state index in [0.29, 0.717) is 5.69 Å². The molecular formula is C17H27F3N6O2. The number of hydrogen-bond donors (Lipinski definition) is 2. The van der Waals surface area contributed by atoms with Crippen molar-refractivity contribution in [2.75, 3.05) is 61.8 Å². The van der Waals surface area contributed by atoms with Crippen LogP contribution in [0.4, 0.5) is 30.6 Å². The average Bonchev–Trinajstić information content (AvgIpc) is 2.63. The zero-order valence-electron chi connectivity index (χ0n) is 16.1. The number of aromatic nitrogens is 2. The van der Waals surface area contributed by atoms with Crippen molar-refractivity contribution in [2.24, 2.45) is 5.92 Å². The lowest BCUT2D eigenvalue weighted by molar-refractivity contribution is -0.192. The maximum Gasteiger partial charge on any atom is 0.490 e. The van der Waals surface area contributed by atoms with Crippen LogP contribution < -0.4 is 15.5 Å². The summed E-state index contributed by atoms with van der Waals surface area (Å²) in [5.74, 6) is -0.203. The number of anilines is 3. The molecule has 0 radical (unpaired) electrons. The van der Waals surface area contributed by atoms with Crippen molar-refractivity contribution in [1.29, 1.82) is 0 Å². The van der Waals surface area contributed by atoms with Crippen molar-refractivity contribution < 1.29 is 23.1 Å². The fourth-order valence-electron chi connectivity index (χ4n) is 3.01. The molecule has 158 valence electrons. The van der Waals surface area contributed by atoms with Crippen LogP contribution in [0.3, 0.4) is 0 Å². The lowest BCUT2D eigenvalue weighted by atomic mass is 9.99. The zero-order chi connectivity index (χ0) is 20.9. The molecule has 0 aromatic carbocycles. The number of carboxylic acid groups (broad SMARTS) is 1. The third-order valence-electron chi connectivity index (χ3n) is 4.89. The molecule has 0 atom stereocenters. The van der Waals surface area contributed by atoms with E-state index >= 15 is 0 Å². The summed E-state index contributed by atoms with van der Waals surface area (Å²) >= 11 is 0. The third-order valence-corrected chi connectivity index (χ3v) is 4.89. The number of nitrogen functional groups attached to an aromatic ring is 1. The highest BCUT2D eigenvalue weighted by atomic mass is 19.4. The summed E-state index contributed by atoms with van der Waals surface area (Å²) in [6.45, 7) is 8.49. The first-order valence-electron chi connectivity index (χ1n) is 9.19. The Bertz CT molecular complexity index is 657. The van der Waals surface area contributed by atoms with Crippen LogP contribution in [0.1, 0.15) is 19.8 Å². The molecule has 3 heterocycles. The molecule has 28 heavy (non-hydrogen) atoms. The summed E-state index contributed by atoms with van der Waals surface area (Å²) in [7, 11) is 2.15. The van der Waals surface area contributed by atoms with E-state index < -0.39 is 12.1 Å². The first-order valence-corrected chi connectivity index (χ1v) is 9.19. The minimum Gasteiger partial charge on any atom is -0.475 e. The summed E-state index contributed by atoms with van der Waals surface area (Å²) in [5.41, 5.74) is 6.81. The molecule has 3 rings (SSSR count). The van der Waals surface area contributed by atoms with Crippen LogP contribution in [0.2, 0.25) is 0 Å². The summed E-state index contributed by atoms with van der Waals surface area (Å²) in [6.07, 6.45) is -0.880. The van der Waals surface area contributed by atoms with Crippen molar-refractivity contribution in [2.45, 2.75) is 25.9 Å². The van der Waals surface area contributed by atoms with Crippen molar-refractivity contribution in [1.82, 2.24) is 14.9 Å². The molecule has 0 amide bonds. The molecule has 1 aromatic heterocycles. The van der Waals surface area contributed by atoms with Crippen molar-refractivity contribution >= 4 is 23.4 Å². The molecular weight excluding hydrogens is 377 g/mol. The van der Waals surface area contributed by atoms with E-state index in [1.165, 1.54) is 12.8 Å². The first-order chi connectivity index (χ1) is 13.1. The lowest BCUT2D eigenvalue weighted by Crippen LogP contribution is -2.45. The Hall–Kier alpha value is -2.30. The Morgan fingerprint density at radius 2 is 1.68 bits per heavy atom. The smallest absolute Gasteiger partial charge is 0.475 e. The molecule has 2 aliphatic heterocycles. The Morgan fingerprint density at radius 1 is 1.14 bits per heavy atom. The number of alkyl halides is 3. The molecule has 0 aliphatic carbocycles. The van der Waals surface area contributed by atoms with Gasteiger partial charge in [-0.1, -0.05) is 6.92 Å². The highest BCUT2D eigenvalue weighted by molar-refractivity contribution is 5.73. The number of halogens is 3. The molecule has 2 saturated heterocycles. The van der Waals surface area contributed by atoms with Gasteiger partial charge in [-0.15, -0.1) is 0 Å². The van der Waals surface area contributed by atoms with Gasteiger partial charge in [0.1, 0.15) is 0 Å². The molecule has 1 aromatic rings. The fraction of sp³-hybridized carbons (Fsp3) is 0.706. The molecule has 0 saturated carbocycles. The van der Waals surface area contributed by atoms with Gasteiger partial charge in [-0.25, -0.2) is 9.78 Å². The van der Waals surface area contributed by atoms with Gasteiger partial charge in [-0.2, -0.15) is 18.2 Å². The number of piperazine rings is 1. The van der Waals surface area contributed by atoms with Gasteiger partial charge < -0.3 is 25.5 Å². The summed E-state index contributed by atoms with van der Waals surface area (Å²) < 4.78 is 31.7. The Balaban J connectivity index is 0.000000345. The van der Waals surface area contributed by atoms with Crippen LogP contribution >= 0.6 is 0 Å². The SMILES string of the molecule is CC1CCN(c2nc(N3CCN(C)CC3)ncc2N)CC1.O=C(O)C(F)(F)F. The van der Waals surface area contributed by atoms with E-state index in [1.807, 2.05) is 0 Å². The predicted octanol–water partition coefficient (Wildman–Crippen LogP) is 1.68. The number of hydrogen-bond acceptors (Lipinski definition) is 7. The number of nitrogens with zero attached hydrogens (tertiary/aromatic N) is 5. The van der Waals surface area contributed by atoms with E-state index in [4.69, 9.17) is 20.6 Å². The second-order valence-electron chi connectivity index (χ2n) is 7.21. The van der Waals surface area contributed by atoms with Crippen molar-refractivity contribution in [3.8, 4) is 0 Å². The first kappa shape index (κ1) is 22.0. The number of carboxylic acids is 1. The predicted molar refractivity (Wildman–Crippen MR) is 100 cm³/mol. The highest BCUT2D eigenvalue weighted by Gasteiger charge is 2.38. The van der Waals surface area contributed by atoms with Gasteiger partial charge >= 0.3 is 12.1 Å². The molecule has 3 N–H and O–H groups in total. The fourth-order valence-corrected chi connectivity index (χ4v) is 3.01. The minimum atomic E-state index is -5.08. The van der Waals surface area contributed by atoms with E-state index in [9.17, 15) is 13.2 Å². The summed E-state index contributed by atoms with van der Waals surface area (Å²) in [5, 5.41) is 7.12. The van der Waals surface area contributed by atoms with Crippen LogP contribution in [-0.2, 0) is 4.79 Å².